The molecule has 2 aliphatic heterocycles. The lowest BCUT2D eigenvalue weighted by Gasteiger charge is -2.24. The fourth-order valence-electron chi connectivity index (χ4n) is 3.48. The van der Waals surface area contributed by atoms with E-state index in [0.717, 1.165) is 57.1 Å². The molecule has 1 amide bonds. The molecular weight excluding hydrogens is 292 g/mol. The first-order chi connectivity index (χ1) is 11.3. The van der Waals surface area contributed by atoms with Gasteiger partial charge in [-0.1, -0.05) is 0 Å². The normalized spacial score (nSPS) is 25.6. The van der Waals surface area contributed by atoms with Crippen molar-refractivity contribution in [1.29, 1.82) is 0 Å². The third kappa shape index (κ3) is 3.47. The van der Waals surface area contributed by atoms with Crippen LogP contribution in [0.25, 0.3) is 0 Å². The molecule has 1 aromatic heterocycles. The fraction of sp³-hybridized carbons (Fsp3) is 0.706. The highest BCUT2D eigenvalue weighted by Crippen LogP contribution is 2.39. The number of carbonyl (C=O) groups is 1. The van der Waals surface area contributed by atoms with E-state index in [1.807, 2.05) is 0 Å². The summed E-state index contributed by atoms with van der Waals surface area (Å²) in [6.07, 6.45) is 6.91. The summed E-state index contributed by atoms with van der Waals surface area (Å²) in [7, 11) is 0. The molecule has 1 aromatic rings. The van der Waals surface area contributed by atoms with Crippen LogP contribution < -0.4 is 10.2 Å². The molecule has 1 N–H and O–H groups in total. The second-order valence-corrected chi connectivity index (χ2v) is 6.90. The maximum Gasteiger partial charge on any atom is 0.225 e. The van der Waals surface area contributed by atoms with Crippen LogP contribution in [-0.2, 0) is 9.53 Å². The van der Waals surface area contributed by atoms with Crippen LogP contribution in [0.1, 0.15) is 43.7 Å². The second kappa shape index (κ2) is 6.43. The lowest BCUT2D eigenvalue weighted by Crippen LogP contribution is -2.42. The molecular formula is C17H24N4O2. The molecule has 3 heterocycles. The Balaban J connectivity index is 1.34. The van der Waals surface area contributed by atoms with Gasteiger partial charge in [-0.25, -0.2) is 9.97 Å². The van der Waals surface area contributed by atoms with E-state index in [4.69, 9.17) is 4.74 Å². The molecule has 6 nitrogen and oxygen atoms in total. The number of ether oxygens (including phenoxy) is 1. The van der Waals surface area contributed by atoms with Crippen molar-refractivity contribution in [2.24, 2.45) is 5.92 Å². The molecule has 2 saturated heterocycles. The van der Waals surface area contributed by atoms with Crippen LogP contribution >= 0.6 is 0 Å². The molecule has 1 saturated carbocycles. The molecule has 3 fully saturated rings. The number of amides is 1. The Morgan fingerprint density at radius 1 is 1.17 bits per heavy atom. The van der Waals surface area contributed by atoms with Gasteiger partial charge in [0.15, 0.2) is 0 Å². The van der Waals surface area contributed by atoms with E-state index in [-0.39, 0.29) is 17.9 Å². The molecule has 0 spiro atoms. The van der Waals surface area contributed by atoms with Gasteiger partial charge in [-0.2, -0.15) is 0 Å². The third-order valence-corrected chi connectivity index (χ3v) is 5.12. The Morgan fingerprint density at radius 2 is 2.00 bits per heavy atom. The molecule has 23 heavy (non-hydrogen) atoms. The van der Waals surface area contributed by atoms with Crippen LogP contribution in [0.4, 0.5) is 5.82 Å². The molecule has 124 valence electrons. The molecule has 6 heteroatoms. The molecule has 3 aliphatic rings. The smallest absolute Gasteiger partial charge is 0.225 e. The van der Waals surface area contributed by atoms with Gasteiger partial charge in [0.25, 0.3) is 0 Å². The molecule has 0 bridgehead atoms. The zero-order valence-corrected chi connectivity index (χ0v) is 13.4. The summed E-state index contributed by atoms with van der Waals surface area (Å²) in [6.45, 7) is 3.17. The molecule has 1 atom stereocenters. The van der Waals surface area contributed by atoms with E-state index in [1.54, 1.807) is 6.33 Å². The highest BCUT2D eigenvalue weighted by atomic mass is 16.5. The predicted molar refractivity (Wildman–Crippen MR) is 86.3 cm³/mol. The van der Waals surface area contributed by atoms with Crippen molar-refractivity contribution in [3.63, 3.8) is 0 Å². The summed E-state index contributed by atoms with van der Waals surface area (Å²) >= 11 is 0. The summed E-state index contributed by atoms with van der Waals surface area (Å²) in [5, 5.41) is 3.19. The highest BCUT2D eigenvalue weighted by molar-refractivity contribution is 5.80. The van der Waals surface area contributed by atoms with Crippen LogP contribution in [0.2, 0.25) is 0 Å². The zero-order chi connectivity index (χ0) is 15.6. The minimum Gasteiger partial charge on any atom is -0.381 e. The molecule has 0 radical (unpaired) electrons. The van der Waals surface area contributed by atoms with Gasteiger partial charge >= 0.3 is 0 Å². The van der Waals surface area contributed by atoms with Gasteiger partial charge < -0.3 is 15.0 Å². The van der Waals surface area contributed by atoms with Gasteiger partial charge in [0.05, 0.1) is 5.92 Å². The zero-order valence-electron chi connectivity index (χ0n) is 13.4. The van der Waals surface area contributed by atoms with Crippen molar-refractivity contribution < 1.29 is 9.53 Å². The van der Waals surface area contributed by atoms with E-state index in [1.165, 1.54) is 12.8 Å². The van der Waals surface area contributed by atoms with E-state index in [9.17, 15) is 4.79 Å². The predicted octanol–water partition coefficient (Wildman–Crippen LogP) is 1.48. The van der Waals surface area contributed by atoms with E-state index in [0.29, 0.717) is 5.92 Å². The van der Waals surface area contributed by atoms with Crippen LogP contribution in [0.5, 0.6) is 0 Å². The maximum absolute atomic E-state index is 12.5. The number of hydrogen-bond acceptors (Lipinski definition) is 5. The molecule has 1 aliphatic carbocycles. The first-order valence-electron chi connectivity index (χ1n) is 8.74. The number of nitrogens with one attached hydrogen (secondary N) is 1. The van der Waals surface area contributed by atoms with Gasteiger partial charge in [-0.15, -0.1) is 0 Å². The Hall–Kier alpha value is -1.69. The Morgan fingerprint density at radius 3 is 2.78 bits per heavy atom. The SMILES string of the molecule is O=C(NC1CCOCC1)C1CCN(c2cc(C3CC3)ncn2)C1. The maximum atomic E-state index is 12.5. The molecule has 4 rings (SSSR count). The average molecular weight is 316 g/mol. The van der Waals surface area contributed by atoms with Gasteiger partial charge in [0.1, 0.15) is 12.1 Å². The van der Waals surface area contributed by atoms with Crippen LogP contribution in [0.15, 0.2) is 12.4 Å². The number of carbonyl (C=O) groups excluding carboxylic acids is 1. The molecule has 1 unspecified atom stereocenters. The summed E-state index contributed by atoms with van der Waals surface area (Å²) in [4.78, 5) is 23.5. The number of aromatic nitrogens is 2. The first-order valence-corrected chi connectivity index (χ1v) is 8.74. The summed E-state index contributed by atoms with van der Waals surface area (Å²) in [5.41, 5.74) is 1.16. The summed E-state index contributed by atoms with van der Waals surface area (Å²) in [5.74, 6) is 1.86. The molecule has 0 aromatic carbocycles. The number of nitrogens with zero attached hydrogens (tertiary/aromatic N) is 3. The minimum absolute atomic E-state index is 0.0668. The Bertz CT molecular complexity index is 569. The first kappa shape index (κ1) is 14.9. The van der Waals surface area contributed by atoms with Crippen LogP contribution in [-0.4, -0.2) is 48.2 Å². The number of anilines is 1. The highest BCUT2D eigenvalue weighted by Gasteiger charge is 2.31. The fourth-order valence-corrected chi connectivity index (χ4v) is 3.48. The van der Waals surface area contributed by atoms with Crippen molar-refractivity contribution in [3.05, 3.63) is 18.1 Å². The van der Waals surface area contributed by atoms with Crippen molar-refractivity contribution in [2.75, 3.05) is 31.2 Å². The number of rotatable bonds is 4. The van der Waals surface area contributed by atoms with E-state index < -0.39 is 0 Å². The van der Waals surface area contributed by atoms with Crippen molar-refractivity contribution in [3.8, 4) is 0 Å². The van der Waals surface area contributed by atoms with Crippen molar-refractivity contribution in [1.82, 2.24) is 15.3 Å². The third-order valence-electron chi connectivity index (χ3n) is 5.12. The standard InChI is InChI=1S/C17H24N4O2/c22-17(20-14-4-7-23-8-5-14)13-3-6-21(10-13)16-9-15(12-1-2-12)18-11-19-16/h9,11-14H,1-8,10H2,(H,20,22). The summed E-state index contributed by atoms with van der Waals surface area (Å²) in [6, 6.07) is 2.39. The van der Waals surface area contributed by atoms with Gasteiger partial charge in [-0.3, -0.25) is 4.79 Å². The second-order valence-electron chi connectivity index (χ2n) is 6.90. The lowest BCUT2D eigenvalue weighted by molar-refractivity contribution is -0.125. The monoisotopic (exact) mass is 316 g/mol. The quantitative estimate of drug-likeness (QED) is 0.911. The largest absolute Gasteiger partial charge is 0.381 e. The minimum atomic E-state index is 0.0668. The van der Waals surface area contributed by atoms with Crippen molar-refractivity contribution >= 4 is 11.7 Å². The van der Waals surface area contributed by atoms with Crippen molar-refractivity contribution in [2.45, 2.75) is 44.1 Å². The van der Waals surface area contributed by atoms with Gasteiger partial charge in [-0.05, 0) is 32.1 Å². The van der Waals surface area contributed by atoms with Crippen LogP contribution in [0.3, 0.4) is 0 Å². The van der Waals surface area contributed by atoms with E-state index >= 15 is 0 Å². The Labute approximate surface area is 136 Å². The van der Waals surface area contributed by atoms with Gasteiger partial charge in [0, 0.05) is 50.0 Å². The Kier molecular flexibility index (Phi) is 4.16. The average Bonchev–Trinajstić information content (AvgIpc) is 3.32. The summed E-state index contributed by atoms with van der Waals surface area (Å²) < 4.78 is 5.34. The van der Waals surface area contributed by atoms with E-state index in [2.05, 4.69) is 26.3 Å². The van der Waals surface area contributed by atoms with Gasteiger partial charge in [0.2, 0.25) is 5.91 Å². The van der Waals surface area contributed by atoms with Crippen LogP contribution in [0, 0.1) is 5.92 Å². The number of hydrogen-bond donors (Lipinski definition) is 1. The lowest BCUT2D eigenvalue weighted by atomic mass is 10.1. The topological polar surface area (TPSA) is 67.3 Å².